The second-order valence-electron chi connectivity index (χ2n) is 7.75. The summed E-state index contributed by atoms with van der Waals surface area (Å²) in [7, 11) is 0. The highest BCUT2D eigenvalue weighted by molar-refractivity contribution is 8.22. The normalized spacial score (nSPS) is 19.2. The van der Waals surface area contributed by atoms with Crippen LogP contribution in [0.3, 0.4) is 0 Å². The van der Waals surface area contributed by atoms with Crippen LogP contribution in [0.1, 0.15) is 46.5 Å². The van der Waals surface area contributed by atoms with Crippen molar-refractivity contribution in [1.29, 1.82) is 0 Å². The smallest absolute Gasteiger partial charge is 0.475 e. The molecule has 2 aliphatic heterocycles. The van der Waals surface area contributed by atoms with E-state index in [0.717, 1.165) is 12.8 Å². The van der Waals surface area contributed by atoms with E-state index in [1.165, 1.54) is 11.8 Å². The molecule has 0 radical (unpaired) electrons. The molecule has 0 unspecified atom stereocenters. The van der Waals surface area contributed by atoms with Gasteiger partial charge in [-0.25, -0.2) is 4.79 Å². The van der Waals surface area contributed by atoms with Gasteiger partial charge in [-0.1, -0.05) is 11.8 Å². The number of piperidine rings is 2. The quantitative estimate of drug-likeness (QED) is 0.616. The molecule has 1 N–H and O–H groups in total. The van der Waals surface area contributed by atoms with E-state index in [-0.39, 0.29) is 12.2 Å². The Morgan fingerprint density at radius 3 is 2.07 bits per heavy atom. The van der Waals surface area contributed by atoms with Gasteiger partial charge in [0.2, 0.25) is 4.38 Å². The number of nitrogens with zero attached hydrogens (tertiary/aromatic N) is 1. The highest BCUT2D eigenvalue weighted by Crippen LogP contribution is 2.22. The van der Waals surface area contributed by atoms with Crippen LogP contribution in [0.15, 0.2) is 0 Å². The van der Waals surface area contributed by atoms with Crippen LogP contribution < -0.4 is 5.32 Å². The largest absolute Gasteiger partial charge is 0.522 e. The lowest BCUT2D eigenvalue weighted by Crippen LogP contribution is -2.43. The topological polar surface area (TPSA) is 60.0 Å². The number of ether oxygens (including phenoxy) is 3. The summed E-state index contributed by atoms with van der Waals surface area (Å²) in [5, 5.41) is 2.95. The Morgan fingerprint density at radius 1 is 1.07 bits per heavy atom. The van der Waals surface area contributed by atoms with Gasteiger partial charge in [0.1, 0.15) is 11.7 Å². The van der Waals surface area contributed by atoms with E-state index in [1.54, 1.807) is 4.90 Å². The number of thioether (sulfide) groups is 1. The zero-order chi connectivity index (χ0) is 22.1. The molecule has 0 saturated carbocycles. The van der Waals surface area contributed by atoms with Gasteiger partial charge in [0.05, 0.1) is 6.10 Å². The third-order valence-electron chi connectivity index (χ3n) is 4.11. The van der Waals surface area contributed by atoms with Crippen molar-refractivity contribution in [3.63, 3.8) is 0 Å². The number of carbonyl (C=O) groups excluding carboxylic acids is 1. The zero-order valence-electron chi connectivity index (χ0n) is 17.3. The molecule has 0 spiro atoms. The summed E-state index contributed by atoms with van der Waals surface area (Å²) in [5.41, 5.74) is -0.440. The molecule has 2 saturated heterocycles. The lowest BCUT2D eigenvalue weighted by molar-refractivity contribution is -0.344. The summed E-state index contributed by atoms with van der Waals surface area (Å²) in [6.45, 7) is 8.17. The van der Waals surface area contributed by atoms with E-state index in [2.05, 4.69) is 10.1 Å². The Hall–Kier alpha value is -0.780. The molecular weight excluding hydrogens is 429 g/mol. The summed E-state index contributed by atoms with van der Waals surface area (Å²) in [5.74, 6) is 0. The number of carbonyl (C=O) groups is 1. The van der Waals surface area contributed by atoms with E-state index < -0.39 is 18.1 Å². The molecule has 6 nitrogen and oxygen atoms in total. The zero-order valence-corrected chi connectivity index (χ0v) is 19.0. The van der Waals surface area contributed by atoms with Crippen LogP contribution in [0.25, 0.3) is 0 Å². The number of thiocarbonyl (C=S) groups is 1. The fourth-order valence-electron chi connectivity index (χ4n) is 2.77. The molecule has 2 heterocycles. The maximum atomic E-state index is 11.8. The number of halogens is 3. The van der Waals surface area contributed by atoms with Crippen LogP contribution in [-0.2, 0) is 14.2 Å². The SMILES string of the molecule is CSC(=S)OC1CCN(C(=O)OC(C)(C)C)CC1.FC(F)(F)OC1CCNCC1. The number of hydrogen-bond donors (Lipinski definition) is 1. The van der Waals surface area contributed by atoms with Crippen LogP contribution in [-0.4, -0.2) is 72.0 Å². The first-order valence-corrected chi connectivity index (χ1v) is 11.2. The Labute approximate surface area is 180 Å². The number of hydrogen-bond acceptors (Lipinski definition) is 7. The maximum Gasteiger partial charge on any atom is 0.522 e. The van der Waals surface area contributed by atoms with Crippen molar-refractivity contribution in [2.45, 2.75) is 70.6 Å². The Balaban J connectivity index is 0.000000326. The second kappa shape index (κ2) is 12.2. The predicted molar refractivity (Wildman–Crippen MR) is 111 cm³/mol. The molecule has 1 amide bonds. The summed E-state index contributed by atoms with van der Waals surface area (Å²) in [4.78, 5) is 13.6. The molecule has 0 atom stereocenters. The molecule has 0 aromatic heterocycles. The fraction of sp³-hybridized carbons (Fsp3) is 0.889. The van der Waals surface area contributed by atoms with E-state index >= 15 is 0 Å². The van der Waals surface area contributed by atoms with Crippen molar-refractivity contribution in [3.8, 4) is 0 Å². The van der Waals surface area contributed by atoms with E-state index in [4.69, 9.17) is 21.7 Å². The summed E-state index contributed by atoms with van der Waals surface area (Å²) < 4.78 is 50.1. The molecule has 0 aromatic rings. The van der Waals surface area contributed by atoms with Gasteiger partial charge in [-0.3, -0.25) is 4.74 Å². The van der Waals surface area contributed by atoms with Gasteiger partial charge in [-0.15, -0.1) is 13.2 Å². The Morgan fingerprint density at radius 2 is 1.62 bits per heavy atom. The van der Waals surface area contributed by atoms with E-state index in [1.807, 2.05) is 27.0 Å². The van der Waals surface area contributed by atoms with Gasteiger partial charge >= 0.3 is 12.5 Å². The lowest BCUT2D eigenvalue weighted by Gasteiger charge is -2.33. The van der Waals surface area contributed by atoms with Crippen LogP contribution in [0, 0.1) is 0 Å². The van der Waals surface area contributed by atoms with Crippen LogP contribution in [0.2, 0.25) is 0 Å². The lowest BCUT2D eigenvalue weighted by atomic mass is 10.1. The van der Waals surface area contributed by atoms with Crippen LogP contribution >= 0.6 is 24.0 Å². The third-order valence-corrected chi connectivity index (χ3v) is 5.14. The molecule has 2 aliphatic rings. The summed E-state index contributed by atoms with van der Waals surface area (Å²) in [6.07, 6.45) is -0.827. The molecular formula is C18H31F3N2O4S2. The molecule has 0 aliphatic carbocycles. The second-order valence-corrected chi connectivity index (χ2v) is 9.16. The Kier molecular flexibility index (Phi) is 11.0. The minimum Gasteiger partial charge on any atom is -0.475 e. The standard InChI is InChI=1S/C12H21NO3S2.C6H10F3NO/c1-12(2,3)16-10(14)13-7-5-9(6-8-13)15-11(17)18-4;7-6(8,9)11-5-1-3-10-4-2-5/h9H,5-8H2,1-4H3;5,10H,1-4H2. The van der Waals surface area contributed by atoms with Gasteiger partial charge < -0.3 is 19.7 Å². The number of alkyl halides is 3. The molecule has 2 fully saturated rings. The minimum absolute atomic E-state index is 0.128. The average molecular weight is 461 g/mol. The van der Waals surface area contributed by atoms with Crippen molar-refractivity contribution in [2.24, 2.45) is 0 Å². The van der Waals surface area contributed by atoms with Crippen molar-refractivity contribution in [3.05, 3.63) is 0 Å². The number of likely N-dealkylation sites (tertiary alicyclic amines) is 1. The minimum atomic E-state index is -4.47. The first-order chi connectivity index (χ1) is 13.4. The van der Waals surface area contributed by atoms with E-state index in [9.17, 15) is 18.0 Å². The number of nitrogens with one attached hydrogen (secondary N) is 1. The molecule has 29 heavy (non-hydrogen) atoms. The first-order valence-electron chi connectivity index (χ1n) is 9.57. The molecule has 11 heteroatoms. The van der Waals surface area contributed by atoms with Crippen molar-refractivity contribution in [2.75, 3.05) is 32.4 Å². The summed E-state index contributed by atoms with van der Waals surface area (Å²) >= 11 is 6.46. The summed E-state index contributed by atoms with van der Waals surface area (Å²) in [6, 6.07) is 0. The molecule has 2 rings (SSSR count). The molecule has 0 aromatic carbocycles. The average Bonchev–Trinajstić information content (AvgIpc) is 2.60. The van der Waals surface area contributed by atoms with Gasteiger partial charge in [-0.05, 0) is 65.2 Å². The Bertz CT molecular complexity index is 516. The van der Waals surface area contributed by atoms with Gasteiger partial charge in [-0.2, -0.15) is 0 Å². The van der Waals surface area contributed by atoms with Gasteiger partial charge in [0, 0.05) is 25.9 Å². The molecule has 170 valence electrons. The van der Waals surface area contributed by atoms with Crippen molar-refractivity contribution in [1.82, 2.24) is 10.2 Å². The van der Waals surface area contributed by atoms with Crippen LogP contribution in [0.5, 0.6) is 0 Å². The fourth-order valence-corrected chi connectivity index (χ4v) is 3.14. The van der Waals surface area contributed by atoms with Crippen LogP contribution in [0.4, 0.5) is 18.0 Å². The highest BCUT2D eigenvalue weighted by Gasteiger charge is 2.33. The third kappa shape index (κ3) is 12.5. The van der Waals surface area contributed by atoms with Gasteiger partial charge in [0.25, 0.3) is 0 Å². The van der Waals surface area contributed by atoms with Crippen molar-refractivity contribution >= 4 is 34.5 Å². The maximum absolute atomic E-state index is 11.8. The first kappa shape index (κ1) is 26.3. The molecule has 0 bridgehead atoms. The van der Waals surface area contributed by atoms with E-state index in [0.29, 0.717) is 43.4 Å². The number of amides is 1. The highest BCUT2D eigenvalue weighted by atomic mass is 32.2. The van der Waals surface area contributed by atoms with Crippen molar-refractivity contribution < 1.29 is 32.2 Å². The van der Waals surface area contributed by atoms with Gasteiger partial charge in [0.15, 0.2) is 0 Å². The number of rotatable bonds is 2. The monoisotopic (exact) mass is 460 g/mol. The predicted octanol–water partition coefficient (Wildman–Crippen LogP) is 4.33.